The van der Waals surface area contributed by atoms with Crippen molar-refractivity contribution in [2.75, 3.05) is 0 Å². The van der Waals surface area contributed by atoms with E-state index < -0.39 is 0 Å². The standard InChI is InChI=1S/C15H19NO/c1-10(2)9-14(16)12-7-8-15(17)13-6-4-3-5-11(12)13/h3-8,10,14,17H,9,16H2,1-2H3/t14-/m0/s1. The van der Waals surface area contributed by atoms with Crippen molar-refractivity contribution < 1.29 is 5.11 Å². The molecule has 0 unspecified atom stereocenters. The molecule has 2 rings (SSSR count). The van der Waals surface area contributed by atoms with Crippen LogP contribution in [0.5, 0.6) is 5.75 Å². The quantitative estimate of drug-likeness (QED) is 0.844. The second-order valence-electron chi connectivity index (χ2n) is 4.96. The Morgan fingerprint density at radius 2 is 1.71 bits per heavy atom. The summed E-state index contributed by atoms with van der Waals surface area (Å²) in [4.78, 5) is 0. The molecule has 2 heteroatoms. The Morgan fingerprint density at radius 3 is 2.35 bits per heavy atom. The molecule has 90 valence electrons. The summed E-state index contributed by atoms with van der Waals surface area (Å²) in [5, 5.41) is 11.8. The molecule has 2 aromatic rings. The Labute approximate surface area is 102 Å². The number of phenols is 1. The first-order chi connectivity index (χ1) is 8.09. The number of benzene rings is 2. The van der Waals surface area contributed by atoms with Crippen molar-refractivity contribution in [3.63, 3.8) is 0 Å². The summed E-state index contributed by atoms with van der Waals surface area (Å²) < 4.78 is 0. The number of fused-ring (bicyclic) bond motifs is 1. The smallest absolute Gasteiger partial charge is 0.123 e. The SMILES string of the molecule is CC(C)C[C@H](N)c1ccc(O)c2ccccc12. The molecule has 0 aliphatic rings. The van der Waals surface area contributed by atoms with E-state index in [0.717, 1.165) is 22.8 Å². The Morgan fingerprint density at radius 1 is 1.06 bits per heavy atom. The zero-order valence-corrected chi connectivity index (χ0v) is 10.4. The van der Waals surface area contributed by atoms with Gasteiger partial charge >= 0.3 is 0 Å². The van der Waals surface area contributed by atoms with E-state index in [1.54, 1.807) is 6.07 Å². The molecule has 0 radical (unpaired) electrons. The number of hydrogen-bond donors (Lipinski definition) is 2. The van der Waals surface area contributed by atoms with Crippen molar-refractivity contribution in [1.82, 2.24) is 0 Å². The van der Waals surface area contributed by atoms with E-state index in [1.807, 2.05) is 30.3 Å². The first kappa shape index (κ1) is 11.9. The van der Waals surface area contributed by atoms with Gasteiger partial charge in [-0.3, -0.25) is 0 Å². The van der Waals surface area contributed by atoms with Crippen molar-refractivity contribution in [1.29, 1.82) is 0 Å². The molecule has 3 N–H and O–H groups in total. The maximum absolute atomic E-state index is 9.82. The van der Waals surface area contributed by atoms with Gasteiger partial charge in [0.05, 0.1) is 0 Å². The number of nitrogens with two attached hydrogens (primary N) is 1. The highest BCUT2D eigenvalue weighted by Crippen LogP contribution is 2.31. The van der Waals surface area contributed by atoms with Crippen LogP contribution in [0.3, 0.4) is 0 Å². The van der Waals surface area contributed by atoms with Crippen LogP contribution in [-0.4, -0.2) is 5.11 Å². The lowest BCUT2D eigenvalue weighted by Crippen LogP contribution is -2.13. The first-order valence-corrected chi connectivity index (χ1v) is 6.05. The minimum Gasteiger partial charge on any atom is -0.507 e. The number of hydrogen-bond acceptors (Lipinski definition) is 2. The summed E-state index contributed by atoms with van der Waals surface area (Å²) in [6.07, 6.45) is 0.953. The molecular formula is C15H19NO. The van der Waals surface area contributed by atoms with Gasteiger partial charge in [0.25, 0.3) is 0 Å². The van der Waals surface area contributed by atoms with E-state index in [1.165, 1.54) is 0 Å². The van der Waals surface area contributed by atoms with Gasteiger partial charge in [-0.25, -0.2) is 0 Å². The predicted molar refractivity (Wildman–Crippen MR) is 72.0 cm³/mol. The fourth-order valence-electron chi connectivity index (χ4n) is 2.26. The molecule has 17 heavy (non-hydrogen) atoms. The van der Waals surface area contributed by atoms with E-state index in [0.29, 0.717) is 11.7 Å². The summed E-state index contributed by atoms with van der Waals surface area (Å²) in [6.45, 7) is 4.34. The van der Waals surface area contributed by atoms with Crippen LogP contribution in [0.25, 0.3) is 10.8 Å². The van der Waals surface area contributed by atoms with Crippen LogP contribution < -0.4 is 5.73 Å². The van der Waals surface area contributed by atoms with Crippen LogP contribution in [0.2, 0.25) is 0 Å². The highest BCUT2D eigenvalue weighted by molar-refractivity contribution is 5.91. The zero-order chi connectivity index (χ0) is 12.4. The average Bonchev–Trinajstić information content (AvgIpc) is 2.29. The van der Waals surface area contributed by atoms with Crippen LogP contribution >= 0.6 is 0 Å². The highest BCUT2D eigenvalue weighted by atomic mass is 16.3. The van der Waals surface area contributed by atoms with Gasteiger partial charge in [0, 0.05) is 11.4 Å². The molecule has 0 spiro atoms. The first-order valence-electron chi connectivity index (χ1n) is 6.05. The van der Waals surface area contributed by atoms with E-state index in [-0.39, 0.29) is 6.04 Å². The third-order valence-corrected chi connectivity index (χ3v) is 3.06. The lowest BCUT2D eigenvalue weighted by Gasteiger charge is -2.17. The molecule has 0 saturated carbocycles. The minimum absolute atomic E-state index is 0.0282. The average molecular weight is 229 g/mol. The Hall–Kier alpha value is -1.54. The predicted octanol–water partition coefficient (Wildman–Crippen LogP) is 3.59. The summed E-state index contributed by atoms with van der Waals surface area (Å²) in [6, 6.07) is 11.6. The molecule has 1 atom stereocenters. The fourth-order valence-corrected chi connectivity index (χ4v) is 2.26. The topological polar surface area (TPSA) is 46.2 Å². The minimum atomic E-state index is 0.0282. The van der Waals surface area contributed by atoms with Crippen LogP contribution in [0.4, 0.5) is 0 Å². The Bertz CT molecular complexity index is 519. The van der Waals surface area contributed by atoms with Crippen LogP contribution in [-0.2, 0) is 0 Å². The molecule has 0 aliphatic heterocycles. The maximum Gasteiger partial charge on any atom is 0.123 e. The number of rotatable bonds is 3. The van der Waals surface area contributed by atoms with Gasteiger partial charge in [-0.05, 0) is 29.4 Å². The Balaban J connectivity index is 2.51. The van der Waals surface area contributed by atoms with E-state index >= 15 is 0 Å². The maximum atomic E-state index is 9.82. The normalized spacial score (nSPS) is 13.2. The second kappa shape index (κ2) is 4.76. The molecular weight excluding hydrogens is 210 g/mol. The van der Waals surface area contributed by atoms with Crippen molar-refractivity contribution in [2.24, 2.45) is 11.7 Å². The van der Waals surface area contributed by atoms with Crippen molar-refractivity contribution in [3.05, 3.63) is 42.0 Å². The molecule has 0 aliphatic carbocycles. The van der Waals surface area contributed by atoms with Crippen LogP contribution in [0.15, 0.2) is 36.4 Å². The zero-order valence-electron chi connectivity index (χ0n) is 10.4. The summed E-state index contributed by atoms with van der Waals surface area (Å²) in [5.74, 6) is 0.888. The lowest BCUT2D eigenvalue weighted by molar-refractivity contribution is 0.480. The lowest BCUT2D eigenvalue weighted by atomic mass is 9.93. The third-order valence-electron chi connectivity index (χ3n) is 3.06. The van der Waals surface area contributed by atoms with E-state index in [2.05, 4.69) is 13.8 Å². The van der Waals surface area contributed by atoms with E-state index in [9.17, 15) is 5.11 Å². The number of phenolic OH excluding ortho intramolecular Hbond substituents is 1. The van der Waals surface area contributed by atoms with Gasteiger partial charge in [0.1, 0.15) is 5.75 Å². The van der Waals surface area contributed by atoms with Crippen molar-refractivity contribution in [2.45, 2.75) is 26.3 Å². The van der Waals surface area contributed by atoms with Gasteiger partial charge < -0.3 is 10.8 Å². The van der Waals surface area contributed by atoms with Crippen LogP contribution in [0, 0.1) is 5.92 Å². The van der Waals surface area contributed by atoms with Gasteiger partial charge in [0.2, 0.25) is 0 Å². The monoisotopic (exact) mass is 229 g/mol. The van der Waals surface area contributed by atoms with Gasteiger partial charge in [-0.15, -0.1) is 0 Å². The van der Waals surface area contributed by atoms with Crippen LogP contribution in [0.1, 0.15) is 31.9 Å². The number of aromatic hydroxyl groups is 1. The van der Waals surface area contributed by atoms with E-state index in [4.69, 9.17) is 5.73 Å². The summed E-state index contributed by atoms with van der Waals surface area (Å²) in [7, 11) is 0. The molecule has 0 amide bonds. The highest BCUT2D eigenvalue weighted by Gasteiger charge is 2.12. The van der Waals surface area contributed by atoms with Gasteiger partial charge in [-0.1, -0.05) is 44.2 Å². The van der Waals surface area contributed by atoms with Gasteiger partial charge in [-0.2, -0.15) is 0 Å². The molecule has 2 nitrogen and oxygen atoms in total. The second-order valence-corrected chi connectivity index (χ2v) is 4.96. The molecule has 0 fully saturated rings. The molecule has 2 aromatic carbocycles. The summed E-state index contributed by atoms with van der Waals surface area (Å²) >= 11 is 0. The molecule has 0 heterocycles. The molecule has 0 bridgehead atoms. The third kappa shape index (κ3) is 2.42. The largest absolute Gasteiger partial charge is 0.507 e. The molecule has 0 saturated heterocycles. The fraction of sp³-hybridized carbons (Fsp3) is 0.333. The van der Waals surface area contributed by atoms with Crippen molar-refractivity contribution >= 4 is 10.8 Å². The molecule has 0 aromatic heterocycles. The van der Waals surface area contributed by atoms with Gasteiger partial charge in [0.15, 0.2) is 0 Å². The van der Waals surface area contributed by atoms with Crippen molar-refractivity contribution in [3.8, 4) is 5.75 Å². The Kier molecular flexibility index (Phi) is 3.34. The summed E-state index contributed by atoms with van der Waals surface area (Å²) in [5.41, 5.74) is 7.35.